The van der Waals surface area contributed by atoms with Crippen molar-refractivity contribution in [2.75, 3.05) is 0 Å². The molecule has 5 heteroatoms. The Morgan fingerprint density at radius 3 is 2.08 bits per heavy atom. The van der Waals surface area contributed by atoms with Crippen molar-refractivity contribution in [2.24, 2.45) is 0 Å². The van der Waals surface area contributed by atoms with Gasteiger partial charge in [-0.25, -0.2) is 0 Å². The van der Waals surface area contributed by atoms with Crippen LogP contribution in [0, 0.1) is 0 Å². The van der Waals surface area contributed by atoms with E-state index < -0.39 is 12.4 Å². The summed E-state index contributed by atoms with van der Waals surface area (Å²) in [7, 11) is 0. The first kappa shape index (κ1) is 13.7. The quantitative estimate of drug-likeness (QED) is 0.569. The van der Waals surface area contributed by atoms with Crippen molar-refractivity contribution in [2.45, 2.75) is 13.3 Å². The van der Waals surface area contributed by atoms with Crippen LogP contribution in [0.3, 0.4) is 0 Å². The molecule has 13 heavy (non-hydrogen) atoms. The molecule has 0 bridgehead atoms. The van der Waals surface area contributed by atoms with Crippen molar-refractivity contribution in [3.8, 4) is 0 Å². The molecule has 0 heterocycles. The van der Waals surface area contributed by atoms with Gasteiger partial charge in [-0.15, -0.1) is 5.46 Å². The van der Waals surface area contributed by atoms with E-state index in [1.807, 2.05) is 0 Å². The fraction of sp³-hybridized carbons (Fsp3) is 0.250. The Morgan fingerprint density at radius 1 is 1.15 bits per heavy atom. The zero-order valence-corrected chi connectivity index (χ0v) is 10.9. The normalized spacial score (nSPS) is 10.8. The van der Waals surface area contributed by atoms with Crippen molar-refractivity contribution in [3.63, 3.8) is 0 Å². The molecule has 0 unspecified atom stereocenters. The van der Waals surface area contributed by atoms with Crippen molar-refractivity contribution in [1.82, 2.24) is 0 Å². The first-order valence-electron chi connectivity index (χ1n) is 3.83. The summed E-state index contributed by atoms with van der Waals surface area (Å²) in [6, 6.07) is 5.71. The molecule has 0 radical (unpaired) electrons. The molecule has 0 aliphatic rings. The fourth-order valence-electron chi connectivity index (χ4n) is 1.18. The van der Waals surface area contributed by atoms with Crippen LogP contribution in [0.4, 0.5) is 12.9 Å². The van der Waals surface area contributed by atoms with Gasteiger partial charge in [0.25, 0.3) is 0 Å². The summed E-state index contributed by atoms with van der Waals surface area (Å²) in [5, 5.41) is 0. The van der Waals surface area contributed by atoms with E-state index in [0.29, 0.717) is 12.0 Å². The van der Waals surface area contributed by atoms with E-state index in [0.717, 1.165) is 6.07 Å². The van der Waals surface area contributed by atoms with Gasteiger partial charge in [-0.3, -0.25) is 0 Å². The van der Waals surface area contributed by atoms with Crippen LogP contribution in [0.15, 0.2) is 24.3 Å². The summed E-state index contributed by atoms with van der Waals surface area (Å²) in [5.74, 6) is 0. The largest absolute Gasteiger partial charge is 1.00 e. The molecule has 1 rings (SSSR count). The SMILES string of the molecule is CCc1ccccc1[B-](F)(F)F.[K+]. The van der Waals surface area contributed by atoms with Crippen molar-refractivity contribution >= 4 is 12.4 Å². The van der Waals surface area contributed by atoms with Gasteiger partial charge < -0.3 is 12.9 Å². The van der Waals surface area contributed by atoms with Crippen LogP contribution >= 0.6 is 0 Å². The van der Waals surface area contributed by atoms with E-state index in [-0.39, 0.29) is 51.4 Å². The Kier molecular flexibility index (Phi) is 5.86. The van der Waals surface area contributed by atoms with E-state index in [9.17, 15) is 12.9 Å². The summed E-state index contributed by atoms with van der Waals surface area (Å²) in [5.41, 5.74) is -0.0787. The van der Waals surface area contributed by atoms with Crippen molar-refractivity contribution in [3.05, 3.63) is 29.8 Å². The summed E-state index contributed by atoms with van der Waals surface area (Å²) in [4.78, 5) is 0. The van der Waals surface area contributed by atoms with Gasteiger partial charge in [-0.05, 0) is 6.42 Å². The second-order valence-corrected chi connectivity index (χ2v) is 2.63. The molecule has 0 saturated carbocycles. The molecule has 0 amide bonds. The van der Waals surface area contributed by atoms with Crippen LogP contribution in [0.2, 0.25) is 0 Å². The third kappa shape index (κ3) is 3.75. The molecule has 0 aliphatic carbocycles. The van der Waals surface area contributed by atoms with Gasteiger partial charge in [0, 0.05) is 0 Å². The van der Waals surface area contributed by atoms with Gasteiger partial charge in [0.1, 0.15) is 0 Å². The molecule has 0 aliphatic heterocycles. The number of hydrogen-bond acceptors (Lipinski definition) is 0. The Bertz CT molecular complexity index is 272. The maximum absolute atomic E-state index is 12.3. The Balaban J connectivity index is 0.00000144. The second kappa shape index (κ2) is 5.56. The predicted octanol–water partition coefficient (Wildman–Crippen LogP) is -0.693. The van der Waals surface area contributed by atoms with Crippen LogP contribution in [0.5, 0.6) is 0 Å². The molecule has 0 nitrogen and oxygen atoms in total. The number of rotatable bonds is 2. The number of benzene rings is 1. The molecular formula is C8H9BF3K. The van der Waals surface area contributed by atoms with Crippen LogP contribution in [0.1, 0.15) is 12.5 Å². The topological polar surface area (TPSA) is 0 Å². The summed E-state index contributed by atoms with van der Waals surface area (Å²) in [6.45, 7) is -3.12. The Labute approximate surface area is 118 Å². The Hall–Kier alpha value is 0.711. The third-order valence-corrected chi connectivity index (χ3v) is 1.79. The maximum Gasteiger partial charge on any atom is 1.00 e. The standard InChI is InChI=1S/C8H9BF3.K/c1-2-7-5-3-4-6-8(7)9(10,11)12;/h3-6H,2H2,1H3;/q-1;+1. The first-order valence-corrected chi connectivity index (χ1v) is 3.83. The van der Waals surface area contributed by atoms with E-state index in [4.69, 9.17) is 0 Å². The smallest absolute Gasteiger partial charge is 0.445 e. The molecule has 0 aromatic heterocycles. The van der Waals surface area contributed by atoms with E-state index in [2.05, 4.69) is 0 Å². The molecule has 0 fully saturated rings. The fourth-order valence-corrected chi connectivity index (χ4v) is 1.18. The molecule has 0 atom stereocenters. The van der Waals surface area contributed by atoms with Crippen LogP contribution < -0.4 is 56.8 Å². The van der Waals surface area contributed by atoms with Gasteiger partial charge in [-0.1, -0.05) is 36.8 Å². The maximum atomic E-state index is 12.3. The van der Waals surface area contributed by atoms with E-state index in [1.54, 1.807) is 13.0 Å². The number of hydrogen-bond donors (Lipinski definition) is 0. The minimum Gasteiger partial charge on any atom is -0.445 e. The summed E-state index contributed by atoms with van der Waals surface area (Å²) < 4.78 is 36.9. The van der Waals surface area contributed by atoms with Crippen LogP contribution in [0.25, 0.3) is 0 Å². The van der Waals surface area contributed by atoms with Crippen LogP contribution in [-0.2, 0) is 6.42 Å². The molecule has 0 saturated heterocycles. The van der Waals surface area contributed by atoms with Crippen molar-refractivity contribution < 1.29 is 64.3 Å². The minimum atomic E-state index is -4.84. The minimum absolute atomic E-state index is 0. The van der Waals surface area contributed by atoms with Gasteiger partial charge >= 0.3 is 58.4 Å². The molecule has 66 valence electrons. The van der Waals surface area contributed by atoms with Gasteiger partial charge in [0.2, 0.25) is 0 Å². The van der Waals surface area contributed by atoms with E-state index in [1.165, 1.54) is 12.1 Å². The molecular weight excluding hydrogens is 203 g/mol. The second-order valence-electron chi connectivity index (χ2n) is 2.63. The van der Waals surface area contributed by atoms with Crippen molar-refractivity contribution in [1.29, 1.82) is 0 Å². The molecule has 1 aromatic rings. The number of halogens is 3. The number of aryl methyl sites for hydroxylation is 1. The zero-order valence-electron chi connectivity index (χ0n) is 7.73. The van der Waals surface area contributed by atoms with Gasteiger partial charge in [0.05, 0.1) is 0 Å². The first-order chi connectivity index (χ1) is 5.55. The third-order valence-electron chi connectivity index (χ3n) is 1.79. The van der Waals surface area contributed by atoms with Gasteiger partial charge in [-0.2, -0.15) is 0 Å². The molecule has 1 aromatic carbocycles. The zero-order chi connectivity index (χ0) is 9.19. The van der Waals surface area contributed by atoms with Crippen LogP contribution in [-0.4, -0.2) is 6.98 Å². The summed E-state index contributed by atoms with van der Waals surface area (Å²) in [6.07, 6.45) is 0.428. The average Bonchev–Trinajstić information content (AvgIpc) is 2.03. The summed E-state index contributed by atoms with van der Waals surface area (Å²) >= 11 is 0. The predicted molar refractivity (Wildman–Crippen MR) is 44.5 cm³/mol. The average molecular weight is 212 g/mol. The molecule has 0 N–H and O–H groups in total. The van der Waals surface area contributed by atoms with E-state index >= 15 is 0 Å². The Morgan fingerprint density at radius 2 is 1.69 bits per heavy atom. The van der Waals surface area contributed by atoms with Gasteiger partial charge in [0.15, 0.2) is 0 Å². The monoisotopic (exact) mass is 212 g/mol. The molecule has 0 spiro atoms.